The van der Waals surface area contributed by atoms with E-state index in [-0.39, 0.29) is 0 Å². The highest BCUT2D eigenvalue weighted by molar-refractivity contribution is 5.79. The number of aliphatic imine (C=N–C) groups is 1. The zero-order valence-electron chi connectivity index (χ0n) is 18.6. The number of nitrogens with one attached hydrogen (secondary N) is 2. The van der Waals surface area contributed by atoms with Crippen LogP contribution in [0.4, 0.5) is 0 Å². The number of hydrogen-bond donors (Lipinski definition) is 2. The SMILES string of the molecule is CN=C(NCc1nccn1Cc1ccccc1)NC1CCN(CCOC(C)C)CC1. The van der Waals surface area contributed by atoms with Gasteiger partial charge in [0, 0.05) is 51.7 Å². The van der Waals surface area contributed by atoms with Crippen LogP contribution in [0.15, 0.2) is 47.7 Å². The maximum Gasteiger partial charge on any atom is 0.191 e. The zero-order chi connectivity index (χ0) is 21.2. The van der Waals surface area contributed by atoms with E-state index in [0.717, 1.165) is 57.4 Å². The first-order valence-corrected chi connectivity index (χ1v) is 11.0. The first-order chi connectivity index (χ1) is 14.6. The van der Waals surface area contributed by atoms with Crippen molar-refractivity contribution in [1.82, 2.24) is 25.1 Å². The average molecular weight is 413 g/mol. The van der Waals surface area contributed by atoms with Crippen molar-refractivity contribution in [2.75, 3.05) is 33.3 Å². The summed E-state index contributed by atoms with van der Waals surface area (Å²) in [6, 6.07) is 10.9. The van der Waals surface area contributed by atoms with Gasteiger partial charge >= 0.3 is 0 Å². The normalized spacial score (nSPS) is 16.2. The van der Waals surface area contributed by atoms with Gasteiger partial charge in [0.2, 0.25) is 0 Å². The minimum atomic E-state index is 0.307. The molecule has 1 fully saturated rings. The molecule has 2 aromatic rings. The van der Waals surface area contributed by atoms with Gasteiger partial charge in [-0.1, -0.05) is 30.3 Å². The summed E-state index contributed by atoms with van der Waals surface area (Å²) in [5.74, 6) is 1.84. The van der Waals surface area contributed by atoms with Gasteiger partial charge in [0.25, 0.3) is 0 Å². The minimum Gasteiger partial charge on any atom is -0.377 e. The molecule has 7 nitrogen and oxygen atoms in total. The topological polar surface area (TPSA) is 66.7 Å². The molecule has 1 aromatic carbocycles. The highest BCUT2D eigenvalue weighted by atomic mass is 16.5. The highest BCUT2D eigenvalue weighted by Gasteiger charge is 2.20. The molecule has 0 unspecified atom stereocenters. The molecule has 1 aromatic heterocycles. The van der Waals surface area contributed by atoms with Gasteiger partial charge in [-0.3, -0.25) is 4.99 Å². The van der Waals surface area contributed by atoms with E-state index in [9.17, 15) is 0 Å². The number of hydrogen-bond acceptors (Lipinski definition) is 4. The molecule has 3 rings (SSSR count). The second-order valence-electron chi connectivity index (χ2n) is 8.06. The predicted octanol–water partition coefficient (Wildman–Crippen LogP) is 2.49. The molecule has 164 valence electrons. The van der Waals surface area contributed by atoms with E-state index < -0.39 is 0 Å². The number of imidazole rings is 1. The van der Waals surface area contributed by atoms with Gasteiger partial charge in [-0.25, -0.2) is 4.98 Å². The van der Waals surface area contributed by atoms with Gasteiger partial charge in [0.15, 0.2) is 5.96 Å². The molecule has 1 aliphatic rings. The molecule has 0 saturated carbocycles. The van der Waals surface area contributed by atoms with E-state index >= 15 is 0 Å². The summed E-state index contributed by atoms with van der Waals surface area (Å²) in [5.41, 5.74) is 1.27. The Morgan fingerprint density at radius 3 is 2.70 bits per heavy atom. The summed E-state index contributed by atoms with van der Waals surface area (Å²) in [4.78, 5) is 11.4. The van der Waals surface area contributed by atoms with Crippen molar-refractivity contribution >= 4 is 5.96 Å². The van der Waals surface area contributed by atoms with Crippen LogP contribution in [0.3, 0.4) is 0 Å². The smallest absolute Gasteiger partial charge is 0.191 e. The lowest BCUT2D eigenvalue weighted by atomic mass is 10.1. The fourth-order valence-electron chi connectivity index (χ4n) is 3.70. The molecule has 0 aliphatic carbocycles. The van der Waals surface area contributed by atoms with Gasteiger partial charge in [-0.15, -0.1) is 0 Å². The molecule has 2 heterocycles. The molecule has 30 heavy (non-hydrogen) atoms. The first-order valence-electron chi connectivity index (χ1n) is 11.0. The molecule has 1 aliphatic heterocycles. The Balaban J connectivity index is 1.41. The second-order valence-corrected chi connectivity index (χ2v) is 8.06. The van der Waals surface area contributed by atoms with Crippen LogP contribution in [-0.4, -0.2) is 65.8 Å². The van der Waals surface area contributed by atoms with Crippen LogP contribution in [0.1, 0.15) is 38.1 Å². The van der Waals surface area contributed by atoms with Crippen LogP contribution >= 0.6 is 0 Å². The van der Waals surface area contributed by atoms with Crippen molar-refractivity contribution in [2.45, 2.75) is 51.9 Å². The van der Waals surface area contributed by atoms with Crippen molar-refractivity contribution < 1.29 is 4.74 Å². The summed E-state index contributed by atoms with van der Waals surface area (Å²) in [7, 11) is 1.82. The van der Waals surface area contributed by atoms with Crippen LogP contribution in [-0.2, 0) is 17.8 Å². The van der Waals surface area contributed by atoms with Crippen molar-refractivity contribution in [3.8, 4) is 0 Å². The third kappa shape index (κ3) is 7.15. The van der Waals surface area contributed by atoms with E-state index in [1.165, 1.54) is 5.56 Å². The lowest BCUT2D eigenvalue weighted by Crippen LogP contribution is -2.49. The number of ether oxygens (including phenoxy) is 1. The zero-order valence-corrected chi connectivity index (χ0v) is 18.6. The number of nitrogens with zero attached hydrogens (tertiary/aromatic N) is 4. The maximum absolute atomic E-state index is 5.67. The minimum absolute atomic E-state index is 0.307. The van der Waals surface area contributed by atoms with Gasteiger partial charge in [0.1, 0.15) is 5.82 Å². The van der Waals surface area contributed by atoms with Gasteiger partial charge in [-0.05, 0) is 32.3 Å². The Kier molecular flexibility index (Phi) is 8.71. The lowest BCUT2D eigenvalue weighted by molar-refractivity contribution is 0.0532. The lowest BCUT2D eigenvalue weighted by Gasteiger charge is -2.33. The van der Waals surface area contributed by atoms with Crippen molar-refractivity contribution in [2.24, 2.45) is 4.99 Å². The quantitative estimate of drug-likeness (QED) is 0.489. The molecule has 1 saturated heterocycles. The summed E-state index contributed by atoms with van der Waals surface area (Å²) in [6.07, 6.45) is 6.42. The van der Waals surface area contributed by atoms with E-state index in [0.29, 0.717) is 18.7 Å². The van der Waals surface area contributed by atoms with E-state index in [1.54, 1.807) is 0 Å². The third-order valence-corrected chi connectivity index (χ3v) is 5.42. The fraction of sp³-hybridized carbons (Fsp3) is 0.565. The molecule has 0 amide bonds. The van der Waals surface area contributed by atoms with Gasteiger partial charge < -0.3 is 24.8 Å². The number of likely N-dealkylation sites (tertiary alicyclic amines) is 1. The molecule has 0 bridgehead atoms. The number of piperidine rings is 1. The van der Waals surface area contributed by atoms with E-state index in [1.807, 2.05) is 25.5 Å². The number of aromatic nitrogens is 2. The number of rotatable bonds is 9. The van der Waals surface area contributed by atoms with Crippen LogP contribution < -0.4 is 10.6 Å². The van der Waals surface area contributed by atoms with Crippen molar-refractivity contribution in [3.05, 3.63) is 54.1 Å². The van der Waals surface area contributed by atoms with Crippen LogP contribution in [0.5, 0.6) is 0 Å². The maximum atomic E-state index is 5.67. The van der Waals surface area contributed by atoms with Crippen LogP contribution in [0.2, 0.25) is 0 Å². The van der Waals surface area contributed by atoms with Crippen LogP contribution in [0, 0.1) is 0 Å². The molecule has 7 heteroatoms. The summed E-state index contributed by atoms with van der Waals surface area (Å²) in [6.45, 7) is 9.66. The highest BCUT2D eigenvalue weighted by Crippen LogP contribution is 2.10. The molecule has 0 radical (unpaired) electrons. The Labute approximate surface area is 180 Å². The fourth-order valence-corrected chi connectivity index (χ4v) is 3.70. The third-order valence-electron chi connectivity index (χ3n) is 5.42. The summed E-state index contributed by atoms with van der Waals surface area (Å²) in [5, 5.41) is 7.00. The Hall–Kier alpha value is -2.38. The predicted molar refractivity (Wildman–Crippen MR) is 122 cm³/mol. The van der Waals surface area contributed by atoms with Crippen LogP contribution in [0.25, 0.3) is 0 Å². The van der Waals surface area contributed by atoms with Crippen molar-refractivity contribution in [3.63, 3.8) is 0 Å². The summed E-state index contributed by atoms with van der Waals surface area (Å²) < 4.78 is 7.85. The Morgan fingerprint density at radius 2 is 2.00 bits per heavy atom. The molecular formula is C23H36N6O. The monoisotopic (exact) mass is 412 g/mol. The molecular weight excluding hydrogens is 376 g/mol. The van der Waals surface area contributed by atoms with E-state index in [4.69, 9.17) is 4.74 Å². The molecule has 2 N–H and O–H groups in total. The van der Waals surface area contributed by atoms with Crippen molar-refractivity contribution in [1.29, 1.82) is 0 Å². The number of benzene rings is 1. The van der Waals surface area contributed by atoms with Gasteiger partial charge in [0.05, 0.1) is 19.3 Å². The van der Waals surface area contributed by atoms with E-state index in [2.05, 4.69) is 68.2 Å². The molecule has 0 atom stereocenters. The number of guanidine groups is 1. The summed E-state index contributed by atoms with van der Waals surface area (Å²) >= 11 is 0. The second kappa shape index (κ2) is 11.7. The molecule has 0 spiro atoms. The largest absolute Gasteiger partial charge is 0.377 e. The standard InChI is InChI=1S/C23H36N6O/c1-19(2)30-16-15-28-12-9-21(10-13-28)27-23(24-3)26-17-22-25-11-14-29(22)18-20-7-5-4-6-8-20/h4-8,11,14,19,21H,9-10,12-13,15-18H2,1-3H3,(H2,24,26,27). The van der Waals surface area contributed by atoms with Gasteiger partial charge in [-0.2, -0.15) is 0 Å². The Bertz CT molecular complexity index is 765. The average Bonchev–Trinajstić information content (AvgIpc) is 3.19. The Morgan fingerprint density at radius 1 is 1.23 bits per heavy atom. The first kappa shape index (κ1) is 22.3.